The van der Waals surface area contributed by atoms with Crippen LogP contribution in [-0.4, -0.2) is 11.6 Å². The number of ketones is 2. The Morgan fingerprint density at radius 1 is 1.20 bits per heavy atom. The number of Topliss-reactive ketones (excluding diaryl/α,β-unsaturated/α-hetero) is 2. The van der Waals surface area contributed by atoms with Gasteiger partial charge in [0.15, 0.2) is 11.6 Å². The van der Waals surface area contributed by atoms with Crippen LogP contribution in [0.1, 0.15) is 53.9 Å². The van der Waals surface area contributed by atoms with Gasteiger partial charge in [-0.25, -0.2) is 0 Å². The van der Waals surface area contributed by atoms with E-state index < -0.39 is 0 Å². The molecular weight excluding hydrogens is 250 g/mol. The Hall–Kier alpha value is -1.64. The van der Waals surface area contributed by atoms with E-state index in [1.165, 1.54) is 5.57 Å². The van der Waals surface area contributed by atoms with E-state index >= 15 is 0 Å². The summed E-state index contributed by atoms with van der Waals surface area (Å²) in [7, 11) is 0. The minimum atomic E-state index is -0.211. The van der Waals surface area contributed by atoms with Crippen LogP contribution in [0.15, 0.2) is 35.2 Å². The number of hydrogen-bond donors (Lipinski definition) is 1. The molecule has 1 N–H and O–H groups in total. The lowest BCUT2D eigenvalue weighted by Gasteiger charge is -2.28. The molecule has 3 nitrogen and oxygen atoms in total. The number of hydrogen-bond acceptors (Lipinski definition) is 3. The lowest BCUT2D eigenvalue weighted by atomic mass is 9.74. The highest BCUT2D eigenvalue weighted by molar-refractivity contribution is 6.22. The summed E-state index contributed by atoms with van der Waals surface area (Å²) in [6.07, 6.45) is 7.54. The summed E-state index contributed by atoms with van der Waals surface area (Å²) in [6.45, 7) is 9.95. The third kappa shape index (κ3) is 4.80. The van der Waals surface area contributed by atoms with Gasteiger partial charge in [0.05, 0.1) is 5.57 Å². The molecule has 0 atom stereocenters. The van der Waals surface area contributed by atoms with Gasteiger partial charge in [0, 0.05) is 24.7 Å². The van der Waals surface area contributed by atoms with Crippen molar-refractivity contribution in [1.29, 1.82) is 0 Å². The second kappa shape index (κ2) is 6.69. The molecule has 1 aliphatic carbocycles. The van der Waals surface area contributed by atoms with Crippen LogP contribution >= 0.6 is 0 Å². The van der Waals surface area contributed by atoms with Crippen LogP contribution in [0.25, 0.3) is 0 Å². The summed E-state index contributed by atoms with van der Waals surface area (Å²) in [5.74, 6) is -0.125. The Kier molecular flexibility index (Phi) is 5.49. The highest BCUT2D eigenvalue weighted by atomic mass is 16.1. The Bertz CT molecular complexity index is 471. The molecule has 0 unspecified atom stereocenters. The van der Waals surface area contributed by atoms with Crippen molar-refractivity contribution in [3.8, 4) is 0 Å². The van der Waals surface area contributed by atoms with Gasteiger partial charge in [0.25, 0.3) is 0 Å². The topological polar surface area (TPSA) is 46.2 Å². The molecule has 20 heavy (non-hydrogen) atoms. The fourth-order valence-electron chi connectivity index (χ4n) is 2.39. The predicted octanol–water partition coefficient (Wildman–Crippen LogP) is 3.68. The highest BCUT2D eigenvalue weighted by Crippen LogP contribution is 2.33. The Morgan fingerprint density at radius 2 is 1.75 bits per heavy atom. The van der Waals surface area contributed by atoms with Gasteiger partial charge in [0.1, 0.15) is 0 Å². The van der Waals surface area contributed by atoms with Crippen molar-refractivity contribution in [1.82, 2.24) is 5.32 Å². The van der Waals surface area contributed by atoms with E-state index in [9.17, 15) is 9.59 Å². The van der Waals surface area contributed by atoms with Crippen LogP contribution in [0, 0.1) is 5.41 Å². The van der Waals surface area contributed by atoms with Crippen LogP contribution < -0.4 is 5.32 Å². The average molecular weight is 275 g/mol. The third-order valence-corrected chi connectivity index (χ3v) is 3.29. The van der Waals surface area contributed by atoms with Crippen LogP contribution in [-0.2, 0) is 9.59 Å². The zero-order valence-electron chi connectivity index (χ0n) is 13.2. The molecule has 0 aliphatic heterocycles. The second-order valence-corrected chi connectivity index (χ2v) is 6.25. The van der Waals surface area contributed by atoms with Gasteiger partial charge < -0.3 is 5.32 Å². The van der Waals surface area contributed by atoms with Gasteiger partial charge in [-0.1, -0.05) is 32.4 Å². The Labute approximate surface area is 121 Å². The SMILES string of the molecule is CC/C=C(C)\C=C(/C)NC=C1C(=O)CC(C)(C)CC1=O. The summed E-state index contributed by atoms with van der Waals surface area (Å²) in [6, 6.07) is 0. The molecule has 0 radical (unpaired) electrons. The van der Waals surface area contributed by atoms with E-state index in [2.05, 4.69) is 18.3 Å². The number of nitrogens with one attached hydrogen (secondary N) is 1. The summed E-state index contributed by atoms with van der Waals surface area (Å²) >= 11 is 0. The van der Waals surface area contributed by atoms with Crippen LogP contribution in [0.3, 0.4) is 0 Å². The first-order valence-electron chi connectivity index (χ1n) is 7.13. The van der Waals surface area contributed by atoms with E-state index in [0.717, 1.165) is 12.1 Å². The molecule has 1 rings (SSSR count). The van der Waals surface area contributed by atoms with Crippen molar-refractivity contribution in [2.24, 2.45) is 5.41 Å². The van der Waals surface area contributed by atoms with Crippen molar-refractivity contribution in [2.45, 2.75) is 53.9 Å². The molecule has 3 heteroatoms. The standard InChI is InChI=1S/C17H25NO2/c1-6-7-12(2)8-13(3)18-11-14-15(19)9-17(4,5)10-16(14)20/h7-8,11,18H,6,9-10H2,1-5H3/b12-7-,13-8+. The molecule has 110 valence electrons. The molecule has 0 bridgehead atoms. The van der Waals surface area contributed by atoms with E-state index in [0.29, 0.717) is 18.4 Å². The summed E-state index contributed by atoms with van der Waals surface area (Å²) in [4.78, 5) is 24.0. The minimum Gasteiger partial charge on any atom is -0.364 e. The molecule has 0 aromatic heterocycles. The molecule has 1 saturated carbocycles. The zero-order chi connectivity index (χ0) is 15.3. The summed E-state index contributed by atoms with van der Waals surface area (Å²) in [5.41, 5.74) is 2.18. The number of rotatable bonds is 4. The maximum atomic E-state index is 12.0. The average Bonchev–Trinajstić information content (AvgIpc) is 2.25. The summed E-state index contributed by atoms with van der Waals surface area (Å²) in [5, 5.41) is 3.05. The van der Waals surface area contributed by atoms with Crippen molar-refractivity contribution < 1.29 is 9.59 Å². The first-order chi connectivity index (χ1) is 9.25. The van der Waals surface area contributed by atoms with Crippen molar-refractivity contribution >= 4 is 11.6 Å². The third-order valence-electron chi connectivity index (χ3n) is 3.29. The van der Waals surface area contributed by atoms with Gasteiger partial charge >= 0.3 is 0 Å². The van der Waals surface area contributed by atoms with Crippen molar-refractivity contribution in [3.05, 3.63) is 35.2 Å². The molecule has 1 fully saturated rings. The first kappa shape index (κ1) is 16.4. The highest BCUT2D eigenvalue weighted by Gasteiger charge is 2.35. The molecular formula is C17H25NO2. The first-order valence-corrected chi connectivity index (χ1v) is 7.13. The minimum absolute atomic E-state index is 0.0626. The lowest BCUT2D eigenvalue weighted by Crippen LogP contribution is -2.32. The van der Waals surface area contributed by atoms with Gasteiger partial charge in [0.2, 0.25) is 0 Å². The smallest absolute Gasteiger partial charge is 0.168 e. The fourth-order valence-corrected chi connectivity index (χ4v) is 2.39. The normalized spacial score (nSPS) is 20.1. The van der Waals surface area contributed by atoms with Crippen LogP contribution in [0.2, 0.25) is 0 Å². The second-order valence-electron chi connectivity index (χ2n) is 6.25. The van der Waals surface area contributed by atoms with Gasteiger partial charge in [-0.05, 0) is 31.8 Å². The zero-order valence-corrected chi connectivity index (χ0v) is 13.2. The van der Waals surface area contributed by atoms with Crippen molar-refractivity contribution in [2.75, 3.05) is 0 Å². The lowest BCUT2D eigenvalue weighted by molar-refractivity contribution is -0.127. The molecule has 0 saturated heterocycles. The molecule has 0 aromatic rings. The Morgan fingerprint density at radius 3 is 2.25 bits per heavy atom. The Balaban J connectivity index is 2.78. The molecule has 0 amide bonds. The van der Waals surface area contributed by atoms with E-state index in [1.807, 2.05) is 33.8 Å². The molecule has 0 spiro atoms. The molecule has 0 heterocycles. The predicted molar refractivity (Wildman–Crippen MR) is 82.1 cm³/mol. The monoisotopic (exact) mass is 275 g/mol. The maximum absolute atomic E-state index is 12.0. The quantitative estimate of drug-likeness (QED) is 0.483. The fraction of sp³-hybridized carbons (Fsp3) is 0.529. The molecule has 1 aliphatic rings. The number of carbonyl (C=O) groups excluding carboxylic acids is 2. The maximum Gasteiger partial charge on any atom is 0.168 e. The van der Waals surface area contributed by atoms with Crippen molar-refractivity contribution in [3.63, 3.8) is 0 Å². The van der Waals surface area contributed by atoms with Gasteiger partial charge in [-0.3, -0.25) is 9.59 Å². The van der Waals surface area contributed by atoms with E-state index in [-0.39, 0.29) is 17.0 Å². The summed E-state index contributed by atoms with van der Waals surface area (Å²) < 4.78 is 0. The van der Waals surface area contributed by atoms with Crippen LogP contribution in [0.5, 0.6) is 0 Å². The van der Waals surface area contributed by atoms with Gasteiger partial charge in [-0.15, -0.1) is 0 Å². The van der Waals surface area contributed by atoms with Gasteiger partial charge in [-0.2, -0.15) is 0 Å². The van der Waals surface area contributed by atoms with Crippen LogP contribution in [0.4, 0.5) is 0 Å². The largest absolute Gasteiger partial charge is 0.364 e. The van der Waals surface area contributed by atoms with E-state index in [4.69, 9.17) is 0 Å². The van der Waals surface area contributed by atoms with E-state index in [1.54, 1.807) is 6.20 Å². The molecule has 0 aromatic carbocycles. The number of carbonyl (C=O) groups is 2. The number of allylic oxidation sites excluding steroid dienone is 5.